The second-order valence-corrected chi connectivity index (χ2v) is 5.05. The molecule has 0 fully saturated rings. The summed E-state index contributed by atoms with van der Waals surface area (Å²) in [5.74, 6) is 0.144. The molecule has 0 aliphatic carbocycles. The molecule has 100 valence electrons. The van der Waals surface area contributed by atoms with Crippen molar-refractivity contribution in [1.82, 2.24) is 0 Å². The summed E-state index contributed by atoms with van der Waals surface area (Å²) in [4.78, 5) is 0. The van der Waals surface area contributed by atoms with Crippen LogP contribution in [0.15, 0.2) is 36.4 Å². The van der Waals surface area contributed by atoms with Crippen LogP contribution < -0.4 is 4.74 Å². The topological polar surface area (TPSA) is 9.23 Å². The smallest absolute Gasteiger partial charge is 0.131 e. The first-order valence-corrected chi connectivity index (χ1v) is 6.51. The summed E-state index contributed by atoms with van der Waals surface area (Å²) in [7, 11) is 1.51. The minimum Gasteiger partial charge on any atom is -0.497 e. The first-order valence-electron chi connectivity index (χ1n) is 6.07. The number of halogens is 2. The molecule has 0 heterocycles. The highest BCUT2D eigenvalue weighted by atomic mass is 35.5. The molecule has 19 heavy (non-hydrogen) atoms. The maximum Gasteiger partial charge on any atom is 0.131 e. The zero-order chi connectivity index (χ0) is 14.0. The van der Waals surface area contributed by atoms with Crippen LogP contribution in [-0.2, 0) is 0 Å². The predicted molar refractivity (Wildman–Crippen MR) is 76.6 cm³/mol. The molecule has 0 radical (unpaired) electrons. The maximum absolute atomic E-state index is 14.0. The quantitative estimate of drug-likeness (QED) is 0.734. The number of rotatable bonds is 3. The van der Waals surface area contributed by atoms with Gasteiger partial charge in [0.25, 0.3) is 0 Å². The van der Waals surface area contributed by atoms with Crippen molar-refractivity contribution in [2.75, 3.05) is 7.11 Å². The Balaban J connectivity index is 2.41. The van der Waals surface area contributed by atoms with Crippen molar-refractivity contribution in [3.8, 4) is 5.75 Å². The third-order valence-electron chi connectivity index (χ3n) is 3.18. The van der Waals surface area contributed by atoms with E-state index in [9.17, 15) is 4.39 Å². The number of hydrogen-bond donors (Lipinski definition) is 0. The van der Waals surface area contributed by atoms with E-state index in [-0.39, 0.29) is 5.82 Å². The summed E-state index contributed by atoms with van der Waals surface area (Å²) in [5, 5.41) is -0.494. The van der Waals surface area contributed by atoms with Crippen LogP contribution in [0.5, 0.6) is 5.75 Å². The Bertz CT molecular complexity index is 595. The molecule has 0 bridgehead atoms. The maximum atomic E-state index is 14.0. The van der Waals surface area contributed by atoms with Crippen molar-refractivity contribution in [2.45, 2.75) is 19.2 Å². The largest absolute Gasteiger partial charge is 0.497 e. The standard InChI is InChI=1S/C16H16ClFO/c1-10-4-6-13(11(2)8-10)16(17)14-7-5-12(19-3)9-15(14)18/h4-9,16H,1-3H3. The SMILES string of the molecule is COc1ccc(C(Cl)c2ccc(C)cc2C)c(F)c1. The fourth-order valence-corrected chi connectivity index (χ4v) is 2.54. The lowest BCUT2D eigenvalue weighted by Gasteiger charge is -2.15. The summed E-state index contributed by atoms with van der Waals surface area (Å²) in [6.07, 6.45) is 0. The van der Waals surface area contributed by atoms with Crippen LogP contribution in [0.1, 0.15) is 27.6 Å². The molecule has 1 atom stereocenters. The van der Waals surface area contributed by atoms with E-state index in [1.54, 1.807) is 12.1 Å². The van der Waals surface area contributed by atoms with Gasteiger partial charge in [0, 0.05) is 11.6 Å². The van der Waals surface area contributed by atoms with Gasteiger partial charge in [-0.1, -0.05) is 29.8 Å². The zero-order valence-electron chi connectivity index (χ0n) is 11.2. The van der Waals surface area contributed by atoms with Crippen LogP contribution in [0.3, 0.4) is 0 Å². The highest BCUT2D eigenvalue weighted by molar-refractivity contribution is 6.22. The molecule has 3 heteroatoms. The Morgan fingerprint density at radius 3 is 2.32 bits per heavy atom. The van der Waals surface area contributed by atoms with Gasteiger partial charge in [-0.05, 0) is 31.0 Å². The Hall–Kier alpha value is -1.54. The molecule has 0 aliphatic rings. The molecule has 2 aromatic rings. The fourth-order valence-electron chi connectivity index (χ4n) is 2.12. The lowest BCUT2D eigenvalue weighted by molar-refractivity contribution is 0.410. The van der Waals surface area contributed by atoms with Crippen molar-refractivity contribution in [1.29, 1.82) is 0 Å². The molecule has 1 nitrogen and oxygen atoms in total. The fraction of sp³-hybridized carbons (Fsp3) is 0.250. The zero-order valence-corrected chi connectivity index (χ0v) is 12.0. The second kappa shape index (κ2) is 5.62. The van der Waals surface area contributed by atoms with Gasteiger partial charge in [-0.15, -0.1) is 11.6 Å². The van der Waals surface area contributed by atoms with Gasteiger partial charge >= 0.3 is 0 Å². The molecule has 1 unspecified atom stereocenters. The van der Waals surface area contributed by atoms with Crippen molar-refractivity contribution >= 4 is 11.6 Å². The molecule has 2 aromatic carbocycles. The van der Waals surface area contributed by atoms with Crippen LogP contribution in [-0.4, -0.2) is 7.11 Å². The average molecular weight is 279 g/mol. The molecular weight excluding hydrogens is 263 g/mol. The van der Waals surface area contributed by atoms with Crippen molar-refractivity contribution in [3.05, 3.63) is 64.5 Å². The summed E-state index contributed by atoms with van der Waals surface area (Å²) < 4.78 is 19.0. The molecule has 0 spiro atoms. The van der Waals surface area contributed by atoms with Gasteiger partial charge in [0.05, 0.1) is 12.5 Å². The molecule has 2 rings (SSSR count). The van der Waals surface area contributed by atoms with Crippen LogP contribution in [0.2, 0.25) is 0 Å². The van der Waals surface area contributed by atoms with Crippen LogP contribution in [0, 0.1) is 19.7 Å². The van der Waals surface area contributed by atoms with E-state index in [0.717, 1.165) is 11.1 Å². The van der Waals surface area contributed by atoms with Gasteiger partial charge in [-0.3, -0.25) is 0 Å². The van der Waals surface area contributed by atoms with Gasteiger partial charge in [0.15, 0.2) is 0 Å². The van der Waals surface area contributed by atoms with E-state index in [2.05, 4.69) is 0 Å². The van der Waals surface area contributed by atoms with E-state index in [1.807, 2.05) is 32.0 Å². The van der Waals surface area contributed by atoms with Crippen molar-refractivity contribution < 1.29 is 9.13 Å². The summed E-state index contributed by atoms with van der Waals surface area (Å²) >= 11 is 6.41. The summed E-state index contributed by atoms with van der Waals surface area (Å²) in [6, 6.07) is 10.7. The molecule has 0 saturated carbocycles. The number of alkyl halides is 1. The molecule has 0 saturated heterocycles. The van der Waals surface area contributed by atoms with E-state index in [0.29, 0.717) is 11.3 Å². The summed E-state index contributed by atoms with van der Waals surface area (Å²) in [6.45, 7) is 4.01. The minimum absolute atomic E-state index is 0.348. The van der Waals surface area contributed by atoms with E-state index < -0.39 is 5.38 Å². The van der Waals surface area contributed by atoms with Gasteiger partial charge in [0.2, 0.25) is 0 Å². The Labute approximate surface area is 118 Å². The molecule has 0 aromatic heterocycles. The van der Waals surface area contributed by atoms with Gasteiger partial charge in [-0.25, -0.2) is 4.39 Å². The lowest BCUT2D eigenvalue weighted by Crippen LogP contribution is -2.00. The van der Waals surface area contributed by atoms with E-state index >= 15 is 0 Å². The lowest BCUT2D eigenvalue weighted by atomic mass is 9.98. The second-order valence-electron chi connectivity index (χ2n) is 4.61. The predicted octanol–water partition coefficient (Wildman–Crippen LogP) is 4.78. The molecular formula is C16H16ClFO. The minimum atomic E-state index is -0.494. The number of hydrogen-bond acceptors (Lipinski definition) is 1. The third-order valence-corrected chi connectivity index (χ3v) is 3.65. The van der Waals surface area contributed by atoms with Gasteiger partial charge in [-0.2, -0.15) is 0 Å². The number of benzene rings is 2. The van der Waals surface area contributed by atoms with Crippen LogP contribution >= 0.6 is 11.6 Å². The van der Waals surface area contributed by atoms with Crippen molar-refractivity contribution in [2.24, 2.45) is 0 Å². The number of methoxy groups -OCH3 is 1. The van der Waals surface area contributed by atoms with E-state index in [4.69, 9.17) is 16.3 Å². The Morgan fingerprint density at radius 2 is 1.74 bits per heavy atom. The van der Waals surface area contributed by atoms with Crippen LogP contribution in [0.4, 0.5) is 4.39 Å². The number of aryl methyl sites for hydroxylation is 2. The highest BCUT2D eigenvalue weighted by Gasteiger charge is 2.17. The Morgan fingerprint density at radius 1 is 1.05 bits per heavy atom. The Kier molecular flexibility index (Phi) is 4.11. The summed E-state index contributed by atoms with van der Waals surface area (Å²) in [5.41, 5.74) is 3.63. The number of ether oxygens (including phenoxy) is 1. The normalized spacial score (nSPS) is 12.3. The highest BCUT2D eigenvalue weighted by Crippen LogP contribution is 2.34. The first-order chi connectivity index (χ1) is 9.02. The molecule has 0 N–H and O–H groups in total. The molecule has 0 aliphatic heterocycles. The molecule has 0 amide bonds. The van der Waals surface area contributed by atoms with Crippen molar-refractivity contribution in [3.63, 3.8) is 0 Å². The van der Waals surface area contributed by atoms with E-state index in [1.165, 1.54) is 18.7 Å². The average Bonchev–Trinajstić information content (AvgIpc) is 2.37. The van der Waals surface area contributed by atoms with Crippen LogP contribution in [0.25, 0.3) is 0 Å². The first kappa shape index (κ1) is 13.9. The van der Waals surface area contributed by atoms with Gasteiger partial charge < -0.3 is 4.74 Å². The third kappa shape index (κ3) is 2.90. The van der Waals surface area contributed by atoms with Gasteiger partial charge in [0.1, 0.15) is 11.6 Å². The monoisotopic (exact) mass is 278 g/mol.